The molecule has 162 valence electrons. The summed E-state index contributed by atoms with van der Waals surface area (Å²) in [6.45, 7) is 1.84. The Labute approximate surface area is 186 Å². The molecule has 2 heterocycles. The minimum Gasteiger partial charge on any atom is -0.344 e. The zero-order chi connectivity index (χ0) is 22.8. The van der Waals surface area contributed by atoms with Crippen LogP contribution >= 0.6 is 0 Å². The van der Waals surface area contributed by atoms with Gasteiger partial charge < -0.3 is 5.32 Å². The molecule has 8 heteroatoms. The van der Waals surface area contributed by atoms with Crippen LogP contribution in [0.3, 0.4) is 0 Å². The third-order valence-corrected chi connectivity index (χ3v) is 6.06. The summed E-state index contributed by atoms with van der Waals surface area (Å²) >= 11 is 0. The number of nitrogens with zero attached hydrogens (tertiary/aromatic N) is 2. The first-order valence-corrected chi connectivity index (χ1v) is 11.3. The lowest BCUT2D eigenvalue weighted by Crippen LogP contribution is -2.27. The second kappa shape index (κ2) is 8.92. The van der Waals surface area contributed by atoms with E-state index in [1.165, 1.54) is 12.3 Å². The van der Waals surface area contributed by atoms with Gasteiger partial charge in [-0.05, 0) is 54.4 Å². The van der Waals surface area contributed by atoms with Gasteiger partial charge in [0.15, 0.2) is 11.6 Å². The van der Waals surface area contributed by atoms with E-state index < -0.39 is 22.4 Å². The fourth-order valence-corrected chi connectivity index (χ4v) is 3.87. The minimum absolute atomic E-state index is 0.186. The third-order valence-electron chi connectivity index (χ3n) is 5.12. The van der Waals surface area contributed by atoms with Crippen LogP contribution in [0.15, 0.2) is 71.9 Å². The van der Waals surface area contributed by atoms with Crippen molar-refractivity contribution in [2.45, 2.75) is 17.9 Å². The summed E-state index contributed by atoms with van der Waals surface area (Å²) in [5.74, 6) is -2.29. The lowest BCUT2D eigenvalue weighted by atomic mass is 10.0. The normalized spacial score (nSPS) is 13.0. The van der Waals surface area contributed by atoms with Gasteiger partial charge in [0.25, 0.3) is 5.91 Å². The van der Waals surface area contributed by atoms with Gasteiger partial charge in [0, 0.05) is 45.3 Å². The Hall–Kier alpha value is -3.52. The fourth-order valence-electron chi connectivity index (χ4n) is 3.35. The van der Waals surface area contributed by atoms with Crippen LogP contribution in [0.5, 0.6) is 0 Å². The molecule has 1 amide bonds. The third kappa shape index (κ3) is 4.40. The van der Waals surface area contributed by atoms with Crippen molar-refractivity contribution in [1.82, 2.24) is 15.3 Å². The lowest BCUT2D eigenvalue weighted by Gasteiger charge is -2.15. The van der Waals surface area contributed by atoms with Crippen LogP contribution in [0, 0.1) is 11.6 Å². The average molecular weight is 451 g/mol. The highest BCUT2D eigenvalue weighted by molar-refractivity contribution is 7.84. The Bertz CT molecular complexity index is 1340. The van der Waals surface area contributed by atoms with Crippen LogP contribution in [0.4, 0.5) is 8.78 Å². The van der Waals surface area contributed by atoms with Gasteiger partial charge in [-0.2, -0.15) is 0 Å². The molecule has 4 rings (SSSR count). The highest BCUT2D eigenvalue weighted by Gasteiger charge is 2.16. The maximum atomic E-state index is 13.7. The molecule has 0 aliphatic carbocycles. The van der Waals surface area contributed by atoms with Crippen molar-refractivity contribution in [3.8, 4) is 11.1 Å². The molecule has 4 aromatic rings. The molecule has 2 aromatic heterocycles. The van der Waals surface area contributed by atoms with Gasteiger partial charge in [0.2, 0.25) is 0 Å². The Morgan fingerprint density at radius 1 is 1.00 bits per heavy atom. The van der Waals surface area contributed by atoms with Crippen molar-refractivity contribution >= 4 is 27.6 Å². The fraction of sp³-hybridized carbons (Fsp3) is 0.125. The monoisotopic (exact) mass is 451 g/mol. The number of hydrogen-bond donors (Lipinski definition) is 1. The molecule has 0 aliphatic heterocycles. The van der Waals surface area contributed by atoms with E-state index in [-0.39, 0.29) is 17.6 Å². The summed E-state index contributed by atoms with van der Waals surface area (Å²) in [6, 6.07) is 13.7. The van der Waals surface area contributed by atoms with E-state index >= 15 is 0 Å². The average Bonchev–Trinajstić information content (AvgIpc) is 2.80. The van der Waals surface area contributed by atoms with E-state index in [1.54, 1.807) is 36.7 Å². The van der Waals surface area contributed by atoms with Crippen LogP contribution in [0.2, 0.25) is 0 Å². The Balaban J connectivity index is 1.63. The van der Waals surface area contributed by atoms with Gasteiger partial charge in [0.05, 0.1) is 11.6 Å². The number of carbonyl (C=O) groups excluding carboxylic acids is 1. The molecule has 0 aliphatic rings. The molecule has 2 unspecified atom stereocenters. The molecule has 5 nitrogen and oxygen atoms in total. The number of halogens is 2. The number of hydrogen-bond acceptors (Lipinski definition) is 4. The lowest BCUT2D eigenvalue weighted by molar-refractivity contribution is 0.0935. The number of aromatic nitrogens is 2. The number of rotatable bonds is 5. The predicted octanol–water partition coefficient (Wildman–Crippen LogP) is 4.80. The van der Waals surface area contributed by atoms with Gasteiger partial charge in [-0.1, -0.05) is 18.2 Å². The molecule has 0 fully saturated rings. The van der Waals surface area contributed by atoms with Gasteiger partial charge in [-0.25, -0.2) is 13.8 Å². The maximum Gasteiger partial charge on any atom is 0.270 e. The van der Waals surface area contributed by atoms with Crippen molar-refractivity contribution in [2.75, 3.05) is 6.26 Å². The van der Waals surface area contributed by atoms with Gasteiger partial charge in [-0.3, -0.25) is 14.0 Å². The molecule has 0 radical (unpaired) electrons. The molecule has 2 atom stereocenters. The summed E-state index contributed by atoms with van der Waals surface area (Å²) < 4.78 is 38.6. The van der Waals surface area contributed by atoms with Crippen LogP contribution in [-0.2, 0) is 10.8 Å². The smallest absolute Gasteiger partial charge is 0.270 e. The zero-order valence-electron chi connectivity index (χ0n) is 17.3. The predicted molar refractivity (Wildman–Crippen MR) is 120 cm³/mol. The molecule has 2 aromatic carbocycles. The van der Waals surface area contributed by atoms with Crippen molar-refractivity contribution < 1.29 is 17.8 Å². The van der Waals surface area contributed by atoms with Crippen molar-refractivity contribution in [2.24, 2.45) is 0 Å². The molecule has 1 N–H and O–H groups in total. The summed E-state index contributed by atoms with van der Waals surface area (Å²) in [4.78, 5) is 22.2. The van der Waals surface area contributed by atoms with Crippen molar-refractivity contribution in [3.05, 3.63) is 89.9 Å². The van der Waals surface area contributed by atoms with Crippen LogP contribution in [-0.4, -0.2) is 26.3 Å². The van der Waals surface area contributed by atoms with Gasteiger partial charge >= 0.3 is 0 Å². The minimum atomic E-state index is -1.07. The molecular weight excluding hydrogens is 432 g/mol. The SMILES string of the molecule is CC(NC(=O)c1ccc2cncc(-c3ccc(F)c(F)c3)c2n1)c1ccc(S(C)=O)cc1. The summed E-state index contributed by atoms with van der Waals surface area (Å²) in [7, 11) is -1.07. The summed E-state index contributed by atoms with van der Waals surface area (Å²) in [5, 5.41) is 3.57. The Morgan fingerprint density at radius 3 is 2.44 bits per heavy atom. The van der Waals surface area contributed by atoms with Gasteiger partial charge in [-0.15, -0.1) is 0 Å². The molecule has 0 spiro atoms. The largest absolute Gasteiger partial charge is 0.344 e. The number of carbonyl (C=O) groups is 1. The quantitative estimate of drug-likeness (QED) is 0.473. The standard InChI is InChI=1S/C24H19F2N3O2S/c1-14(15-3-7-18(8-4-15)32(2)31)28-24(30)22-10-6-17-12-27-13-19(23(17)29-22)16-5-9-20(25)21(26)11-16/h3-14H,1-2H3,(H,28,30). The van der Waals surface area contributed by atoms with Crippen LogP contribution in [0.25, 0.3) is 22.0 Å². The molecule has 32 heavy (non-hydrogen) atoms. The number of amides is 1. The Morgan fingerprint density at radius 2 is 1.75 bits per heavy atom. The van der Waals surface area contributed by atoms with Crippen LogP contribution in [0.1, 0.15) is 29.0 Å². The van der Waals surface area contributed by atoms with E-state index in [2.05, 4.69) is 15.3 Å². The van der Waals surface area contributed by atoms with Crippen molar-refractivity contribution in [1.29, 1.82) is 0 Å². The highest BCUT2D eigenvalue weighted by atomic mass is 32.2. The number of pyridine rings is 2. The summed E-state index contributed by atoms with van der Waals surface area (Å²) in [6.07, 6.45) is 4.70. The summed E-state index contributed by atoms with van der Waals surface area (Å²) in [5.41, 5.74) is 2.41. The molecule has 0 bridgehead atoms. The first kappa shape index (κ1) is 21.7. The van der Waals surface area contributed by atoms with Crippen LogP contribution < -0.4 is 5.32 Å². The molecule has 0 saturated heterocycles. The highest BCUT2D eigenvalue weighted by Crippen LogP contribution is 2.28. The van der Waals surface area contributed by atoms with E-state index in [0.717, 1.165) is 17.7 Å². The molecule has 0 saturated carbocycles. The second-order valence-corrected chi connectivity index (χ2v) is 8.68. The Kier molecular flexibility index (Phi) is 6.05. The first-order chi connectivity index (χ1) is 15.3. The second-order valence-electron chi connectivity index (χ2n) is 7.30. The first-order valence-electron chi connectivity index (χ1n) is 9.78. The van der Waals surface area contributed by atoms with Crippen molar-refractivity contribution in [3.63, 3.8) is 0 Å². The van der Waals surface area contributed by atoms with E-state index in [1.807, 2.05) is 19.1 Å². The van der Waals surface area contributed by atoms with E-state index in [4.69, 9.17) is 0 Å². The number of benzene rings is 2. The zero-order valence-corrected chi connectivity index (χ0v) is 18.1. The topological polar surface area (TPSA) is 72.0 Å². The number of fused-ring (bicyclic) bond motifs is 1. The van der Waals surface area contributed by atoms with E-state index in [0.29, 0.717) is 26.9 Å². The van der Waals surface area contributed by atoms with Gasteiger partial charge in [0.1, 0.15) is 5.69 Å². The number of nitrogens with one attached hydrogen (secondary N) is 1. The van der Waals surface area contributed by atoms with E-state index in [9.17, 15) is 17.8 Å². The molecular formula is C24H19F2N3O2S. The maximum absolute atomic E-state index is 13.7.